The summed E-state index contributed by atoms with van der Waals surface area (Å²) >= 11 is 6.53. The summed E-state index contributed by atoms with van der Waals surface area (Å²) in [6.45, 7) is 5.62. The van der Waals surface area contributed by atoms with Crippen molar-refractivity contribution in [2.45, 2.75) is 45.6 Å². The zero-order valence-electron chi connectivity index (χ0n) is 21.6. The third-order valence-corrected chi connectivity index (χ3v) is 7.32. The molecular weight excluding hydrogens is 500 g/mol. The molecule has 0 spiro atoms. The van der Waals surface area contributed by atoms with Gasteiger partial charge in [0, 0.05) is 29.9 Å². The number of carbonyl (C=O) groups is 1. The molecular formula is C30H32ClN4O3+. The fourth-order valence-corrected chi connectivity index (χ4v) is 5.47. The number of hydrogen-bond donors (Lipinski definition) is 3. The zero-order valence-corrected chi connectivity index (χ0v) is 22.4. The highest BCUT2D eigenvalue weighted by atomic mass is 35.5. The van der Waals surface area contributed by atoms with Crippen molar-refractivity contribution in [3.8, 4) is 16.9 Å². The quantitative estimate of drug-likeness (QED) is 0.312. The Kier molecular flexibility index (Phi) is 7.77. The summed E-state index contributed by atoms with van der Waals surface area (Å²) in [6.07, 6.45) is 7.74. The molecule has 196 valence electrons. The Morgan fingerprint density at radius 2 is 1.89 bits per heavy atom. The number of H-pyrrole nitrogens is 1. The average Bonchev–Trinajstić information content (AvgIpc) is 2.89. The number of nitrogens with two attached hydrogens (primary N) is 1. The first kappa shape index (κ1) is 25.9. The minimum atomic E-state index is -0.356. The summed E-state index contributed by atoms with van der Waals surface area (Å²) in [4.78, 5) is 33.6. The predicted molar refractivity (Wildman–Crippen MR) is 151 cm³/mol. The lowest BCUT2D eigenvalue weighted by Crippen LogP contribution is -2.91. The number of benzene rings is 2. The summed E-state index contributed by atoms with van der Waals surface area (Å²) in [5, 5.41) is 6.12. The second kappa shape index (κ2) is 11.4. The van der Waals surface area contributed by atoms with Gasteiger partial charge >= 0.3 is 0 Å². The van der Waals surface area contributed by atoms with E-state index < -0.39 is 0 Å². The summed E-state index contributed by atoms with van der Waals surface area (Å²) < 4.78 is 6.44. The Hall–Kier alpha value is -3.68. The highest BCUT2D eigenvalue weighted by molar-refractivity contribution is 6.35. The topological polar surface area (TPSA) is 101 Å². The minimum absolute atomic E-state index is 0.238. The number of aryl methyl sites for hydroxylation is 2. The van der Waals surface area contributed by atoms with Crippen LogP contribution in [-0.2, 0) is 0 Å². The van der Waals surface area contributed by atoms with E-state index in [1.165, 1.54) is 19.3 Å². The number of carbonyl (C=O) groups excluding carboxylic acids is 1. The maximum absolute atomic E-state index is 13.4. The number of quaternary nitrogens is 1. The fourth-order valence-electron chi connectivity index (χ4n) is 5.22. The number of fused-ring (bicyclic) bond motifs is 1. The first-order valence-electron chi connectivity index (χ1n) is 13.0. The maximum Gasteiger partial charge on any atom is 0.260 e. The molecule has 1 amide bonds. The van der Waals surface area contributed by atoms with E-state index >= 15 is 0 Å². The highest BCUT2D eigenvalue weighted by Crippen LogP contribution is 2.36. The molecule has 4 N–H and O–H groups in total. The molecule has 0 radical (unpaired) electrons. The van der Waals surface area contributed by atoms with Crippen LogP contribution in [0.3, 0.4) is 0 Å². The van der Waals surface area contributed by atoms with E-state index in [9.17, 15) is 9.59 Å². The molecule has 5 rings (SSSR count). The second-order valence-corrected chi connectivity index (χ2v) is 10.4. The van der Waals surface area contributed by atoms with Crippen molar-refractivity contribution in [3.05, 3.63) is 86.9 Å². The van der Waals surface area contributed by atoms with Crippen LogP contribution < -0.4 is 20.9 Å². The van der Waals surface area contributed by atoms with Gasteiger partial charge < -0.3 is 20.4 Å². The van der Waals surface area contributed by atoms with Gasteiger partial charge in [-0.3, -0.25) is 14.6 Å². The van der Waals surface area contributed by atoms with Crippen LogP contribution in [-0.4, -0.2) is 35.1 Å². The van der Waals surface area contributed by atoms with Gasteiger partial charge in [0.05, 0.1) is 40.9 Å². The number of hydrogen-bond acceptors (Lipinski definition) is 4. The molecule has 1 saturated heterocycles. The molecule has 1 aliphatic rings. The van der Waals surface area contributed by atoms with Crippen LogP contribution in [0.25, 0.3) is 22.0 Å². The monoisotopic (exact) mass is 531 g/mol. The standard InChI is InChI=1S/C30H31ClN4O3/c1-18-13-19(2)15-20(14-18)27-28(38-12-8-21-5-3-4-9-33-21)24-16-23(25(31)17-26(24)35-30(27)37)29(36)34-22-6-10-32-11-7-22/h6-7,10-11,13-17,21,33H,3-5,8-9,12H2,1-2H3,(H,35,37)(H,32,34,36)/p+1. The van der Waals surface area contributed by atoms with Gasteiger partial charge in [0.2, 0.25) is 0 Å². The highest BCUT2D eigenvalue weighted by Gasteiger charge is 2.22. The van der Waals surface area contributed by atoms with Crippen molar-refractivity contribution in [3.63, 3.8) is 0 Å². The van der Waals surface area contributed by atoms with Gasteiger partial charge in [0.15, 0.2) is 0 Å². The van der Waals surface area contributed by atoms with Gasteiger partial charge in [-0.2, -0.15) is 0 Å². The van der Waals surface area contributed by atoms with Crippen molar-refractivity contribution >= 4 is 34.1 Å². The number of halogens is 1. The van der Waals surface area contributed by atoms with E-state index in [-0.39, 0.29) is 16.5 Å². The Labute approximate surface area is 226 Å². The number of pyridine rings is 2. The fraction of sp³-hybridized carbons (Fsp3) is 0.300. The smallest absolute Gasteiger partial charge is 0.260 e. The third-order valence-electron chi connectivity index (χ3n) is 7.01. The van der Waals surface area contributed by atoms with E-state index in [2.05, 4.69) is 26.7 Å². The zero-order chi connectivity index (χ0) is 26.6. The average molecular weight is 532 g/mol. The van der Waals surface area contributed by atoms with Gasteiger partial charge in [-0.15, -0.1) is 0 Å². The van der Waals surface area contributed by atoms with E-state index in [4.69, 9.17) is 16.3 Å². The number of anilines is 1. The molecule has 1 fully saturated rings. The van der Waals surface area contributed by atoms with Crippen LogP contribution in [0, 0.1) is 13.8 Å². The van der Waals surface area contributed by atoms with E-state index in [0.29, 0.717) is 46.1 Å². The van der Waals surface area contributed by atoms with E-state index in [1.807, 2.05) is 26.0 Å². The first-order chi connectivity index (χ1) is 18.4. The van der Waals surface area contributed by atoms with Gasteiger partial charge in [0.25, 0.3) is 11.5 Å². The summed E-state index contributed by atoms with van der Waals surface area (Å²) in [6, 6.07) is 13.3. The lowest BCUT2D eigenvalue weighted by Gasteiger charge is -2.21. The normalized spacial score (nSPS) is 15.4. The van der Waals surface area contributed by atoms with Gasteiger partial charge in [0.1, 0.15) is 5.75 Å². The largest absolute Gasteiger partial charge is 0.492 e. The number of piperidine rings is 1. The number of nitrogens with one attached hydrogen (secondary N) is 2. The molecule has 4 aromatic rings. The van der Waals surface area contributed by atoms with Gasteiger partial charge in [-0.1, -0.05) is 40.9 Å². The van der Waals surface area contributed by atoms with Crippen LogP contribution in [0.2, 0.25) is 5.02 Å². The number of aromatic amines is 1. The molecule has 2 aromatic carbocycles. The molecule has 7 nitrogen and oxygen atoms in total. The molecule has 1 unspecified atom stereocenters. The summed E-state index contributed by atoms with van der Waals surface area (Å²) in [7, 11) is 0. The maximum atomic E-state index is 13.4. The third kappa shape index (κ3) is 5.74. The Morgan fingerprint density at radius 1 is 1.13 bits per heavy atom. The van der Waals surface area contributed by atoms with Crippen LogP contribution in [0.15, 0.2) is 59.7 Å². The Bertz CT molecular complexity index is 1510. The molecule has 2 aromatic heterocycles. The minimum Gasteiger partial charge on any atom is -0.492 e. The molecule has 0 aliphatic carbocycles. The first-order valence-corrected chi connectivity index (χ1v) is 13.4. The lowest BCUT2D eigenvalue weighted by atomic mass is 9.98. The van der Waals surface area contributed by atoms with Crippen LogP contribution >= 0.6 is 11.6 Å². The molecule has 1 atom stereocenters. The van der Waals surface area contributed by atoms with E-state index in [1.54, 1.807) is 36.7 Å². The van der Waals surface area contributed by atoms with Crippen LogP contribution in [0.1, 0.15) is 47.2 Å². The van der Waals surface area contributed by atoms with Crippen molar-refractivity contribution < 1.29 is 14.8 Å². The second-order valence-electron chi connectivity index (χ2n) is 10.0. The molecule has 8 heteroatoms. The van der Waals surface area contributed by atoms with Crippen molar-refractivity contribution in [1.82, 2.24) is 9.97 Å². The SMILES string of the molecule is Cc1cc(C)cc(-c2c(OCCC3CCCC[NH2+]3)c3cc(C(=O)Nc4ccncc4)c(Cl)cc3[nH]c2=O)c1. The molecule has 0 bridgehead atoms. The molecule has 0 saturated carbocycles. The predicted octanol–water partition coefficient (Wildman–Crippen LogP) is 5.00. The number of aromatic nitrogens is 2. The van der Waals surface area contributed by atoms with Crippen molar-refractivity contribution in [2.24, 2.45) is 0 Å². The summed E-state index contributed by atoms with van der Waals surface area (Å²) in [5.41, 5.74) is 4.51. The lowest BCUT2D eigenvalue weighted by molar-refractivity contribution is -0.698. The Morgan fingerprint density at radius 3 is 2.61 bits per heavy atom. The van der Waals surface area contributed by atoms with Crippen molar-refractivity contribution in [2.75, 3.05) is 18.5 Å². The number of ether oxygens (including phenoxy) is 1. The van der Waals surface area contributed by atoms with Crippen LogP contribution in [0.4, 0.5) is 5.69 Å². The molecule has 3 heterocycles. The number of amides is 1. The van der Waals surface area contributed by atoms with Gasteiger partial charge in [-0.05, 0) is 62.9 Å². The molecule has 38 heavy (non-hydrogen) atoms. The molecule has 1 aliphatic heterocycles. The Balaban J connectivity index is 1.60. The van der Waals surface area contributed by atoms with Crippen molar-refractivity contribution in [1.29, 1.82) is 0 Å². The number of rotatable bonds is 7. The summed E-state index contributed by atoms with van der Waals surface area (Å²) in [5.74, 6) is 0.115. The number of nitrogens with zero attached hydrogens (tertiary/aromatic N) is 1. The van der Waals surface area contributed by atoms with Crippen LogP contribution in [0.5, 0.6) is 5.75 Å². The van der Waals surface area contributed by atoms with Gasteiger partial charge in [-0.25, -0.2) is 0 Å². The van der Waals surface area contributed by atoms with E-state index in [0.717, 1.165) is 29.7 Å².